The lowest BCUT2D eigenvalue weighted by molar-refractivity contribution is 0.0963. The smallest absolute Gasteiger partial charge is 0.254 e. The molecule has 17 heavy (non-hydrogen) atoms. The molecule has 4 nitrogen and oxygen atoms in total. The van der Waals surface area contributed by atoms with Gasteiger partial charge in [0.25, 0.3) is 5.91 Å². The summed E-state index contributed by atoms with van der Waals surface area (Å²) in [6, 6.07) is 3.61. The van der Waals surface area contributed by atoms with E-state index in [9.17, 15) is 4.79 Å². The van der Waals surface area contributed by atoms with Crippen molar-refractivity contribution in [2.24, 2.45) is 5.92 Å². The summed E-state index contributed by atoms with van der Waals surface area (Å²) in [5, 5.41) is 2.65. The Kier molecular flexibility index (Phi) is 3.61. The first-order valence-electron chi connectivity index (χ1n) is 6.10. The van der Waals surface area contributed by atoms with Gasteiger partial charge in [-0.05, 0) is 30.9 Å². The van der Waals surface area contributed by atoms with E-state index < -0.39 is 0 Å². The summed E-state index contributed by atoms with van der Waals surface area (Å²) in [6.07, 6.45) is 5.67. The molecule has 0 spiro atoms. The summed E-state index contributed by atoms with van der Waals surface area (Å²) in [5.74, 6) is 1.46. The molecule has 1 saturated carbocycles. The molecule has 1 aliphatic rings. The Labute approximate surface area is 102 Å². The lowest BCUT2D eigenvalue weighted by Crippen LogP contribution is -2.32. The number of nitrogens with one attached hydrogen (secondary N) is 1. The van der Waals surface area contributed by atoms with E-state index in [-0.39, 0.29) is 5.91 Å². The highest BCUT2D eigenvalue weighted by molar-refractivity contribution is 5.98. The van der Waals surface area contributed by atoms with Crippen LogP contribution in [-0.4, -0.2) is 31.5 Å². The average molecular weight is 233 g/mol. The van der Waals surface area contributed by atoms with Gasteiger partial charge >= 0.3 is 0 Å². The minimum absolute atomic E-state index is 0.0754. The molecule has 0 aliphatic heterocycles. The van der Waals surface area contributed by atoms with Crippen LogP contribution in [0.25, 0.3) is 0 Å². The lowest BCUT2D eigenvalue weighted by Gasteiger charge is -2.31. The zero-order valence-electron chi connectivity index (χ0n) is 10.4. The van der Waals surface area contributed by atoms with Gasteiger partial charge in [-0.2, -0.15) is 0 Å². The van der Waals surface area contributed by atoms with E-state index in [0.717, 1.165) is 18.3 Å². The quantitative estimate of drug-likeness (QED) is 0.860. The summed E-state index contributed by atoms with van der Waals surface area (Å²) in [6.45, 7) is 0.987. The number of carbonyl (C=O) groups is 1. The van der Waals surface area contributed by atoms with E-state index in [4.69, 9.17) is 0 Å². The number of carbonyl (C=O) groups excluding carboxylic acids is 1. The van der Waals surface area contributed by atoms with Gasteiger partial charge in [-0.3, -0.25) is 4.79 Å². The van der Waals surface area contributed by atoms with Gasteiger partial charge in [-0.1, -0.05) is 6.42 Å². The van der Waals surface area contributed by atoms with Crippen LogP contribution < -0.4 is 10.2 Å². The predicted octanol–water partition coefficient (Wildman–Crippen LogP) is 1.68. The van der Waals surface area contributed by atoms with Crippen molar-refractivity contribution in [3.63, 3.8) is 0 Å². The maximum atomic E-state index is 11.7. The van der Waals surface area contributed by atoms with Crippen LogP contribution >= 0.6 is 0 Å². The lowest BCUT2D eigenvalue weighted by atomic mass is 9.85. The highest BCUT2D eigenvalue weighted by Crippen LogP contribution is 2.28. The number of rotatable bonds is 4. The molecule has 0 radical (unpaired) electrons. The van der Waals surface area contributed by atoms with Crippen LogP contribution in [-0.2, 0) is 0 Å². The normalized spacial score (nSPS) is 15.2. The van der Waals surface area contributed by atoms with Gasteiger partial charge in [0, 0.05) is 26.8 Å². The molecule has 1 amide bonds. The first-order valence-corrected chi connectivity index (χ1v) is 6.10. The summed E-state index contributed by atoms with van der Waals surface area (Å²) < 4.78 is 0. The number of hydrogen-bond donors (Lipinski definition) is 1. The molecule has 4 heteroatoms. The van der Waals surface area contributed by atoms with Crippen LogP contribution in [0.5, 0.6) is 0 Å². The Bertz CT molecular complexity index is 401. The van der Waals surface area contributed by atoms with Gasteiger partial charge in [0.1, 0.15) is 5.82 Å². The number of nitrogens with zero attached hydrogens (tertiary/aromatic N) is 2. The second-order valence-electron chi connectivity index (χ2n) is 4.63. The number of aromatic nitrogens is 1. The van der Waals surface area contributed by atoms with Crippen molar-refractivity contribution < 1.29 is 4.79 Å². The van der Waals surface area contributed by atoms with Crippen molar-refractivity contribution >= 4 is 11.7 Å². The molecule has 1 aromatic rings. The van der Waals surface area contributed by atoms with Crippen molar-refractivity contribution in [1.29, 1.82) is 0 Å². The third kappa shape index (κ3) is 2.57. The molecular weight excluding hydrogens is 214 g/mol. The van der Waals surface area contributed by atoms with Crippen LogP contribution in [0.4, 0.5) is 5.82 Å². The first kappa shape index (κ1) is 11.9. The standard InChI is InChI=1S/C13H19N3O/c1-14-13(17)11-7-4-8-15-12(11)16(2)9-10-5-3-6-10/h4,7-8,10H,3,5-6,9H2,1-2H3,(H,14,17). The van der Waals surface area contributed by atoms with Crippen molar-refractivity contribution in [3.05, 3.63) is 23.9 Å². The number of pyridine rings is 1. The van der Waals surface area contributed by atoms with Crippen molar-refractivity contribution in [3.8, 4) is 0 Å². The van der Waals surface area contributed by atoms with Crippen LogP contribution in [0, 0.1) is 5.92 Å². The third-order valence-corrected chi connectivity index (χ3v) is 3.38. The van der Waals surface area contributed by atoms with Gasteiger partial charge in [0.2, 0.25) is 0 Å². The molecule has 0 unspecified atom stereocenters. The second kappa shape index (κ2) is 5.17. The minimum Gasteiger partial charge on any atom is -0.359 e. The van der Waals surface area contributed by atoms with Gasteiger partial charge in [0.15, 0.2) is 0 Å². The van der Waals surface area contributed by atoms with Gasteiger partial charge < -0.3 is 10.2 Å². The molecular formula is C13H19N3O. The molecule has 92 valence electrons. The SMILES string of the molecule is CNC(=O)c1cccnc1N(C)CC1CCC1. The van der Waals surface area contributed by atoms with E-state index in [1.54, 1.807) is 19.3 Å². The van der Waals surface area contributed by atoms with Gasteiger partial charge in [0.05, 0.1) is 5.56 Å². The Morgan fingerprint density at radius 3 is 2.94 bits per heavy atom. The molecule has 0 atom stereocenters. The van der Waals surface area contributed by atoms with Crippen LogP contribution in [0.3, 0.4) is 0 Å². The number of amides is 1. The second-order valence-corrected chi connectivity index (χ2v) is 4.63. The molecule has 0 saturated heterocycles. The summed E-state index contributed by atoms with van der Waals surface area (Å²) in [7, 11) is 3.65. The van der Waals surface area contributed by atoms with Crippen molar-refractivity contribution in [2.45, 2.75) is 19.3 Å². The molecule has 2 rings (SSSR count). The molecule has 0 bridgehead atoms. The molecule has 1 aliphatic carbocycles. The van der Waals surface area contributed by atoms with Gasteiger partial charge in [-0.25, -0.2) is 4.98 Å². The Hall–Kier alpha value is -1.58. The maximum absolute atomic E-state index is 11.7. The van der Waals surface area contributed by atoms with E-state index >= 15 is 0 Å². The highest BCUT2D eigenvalue weighted by Gasteiger charge is 2.21. The monoisotopic (exact) mass is 233 g/mol. The van der Waals surface area contributed by atoms with E-state index in [1.807, 2.05) is 13.1 Å². The summed E-state index contributed by atoms with van der Waals surface area (Å²) in [4.78, 5) is 18.1. The predicted molar refractivity (Wildman–Crippen MR) is 68.2 cm³/mol. The summed E-state index contributed by atoms with van der Waals surface area (Å²) >= 11 is 0. The average Bonchev–Trinajstić information content (AvgIpc) is 2.32. The molecule has 1 aromatic heterocycles. The van der Waals surface area contributed by atoms with Crippen molar-refractivity contribution in [2.75, 3.05) is 25.5 Å². The van der Waals surface area contributed by atoms with Crippen LogP contribution in [0.15, 0.2) is 18.3 Å². The number of hydrogen-bond acceptors (Lipinski definition) is 3. The van der Waals surface area contributed by atoms with E-state index in [0.29, 0.717) is 5.56 Å². The Morgan fingerprint density at radius 1 is 1.59 bits per heavy atom. The minimum atomic E-state index is -0.0754. The van der Waals surface area contributed by atoms with E-state index in [1.165, 1.54) is 19.3 Å². The fraction of sp³-hybridized carbons (Fsp3) is 0.538. The fourth-order valence-electron chi connectivity index (χ4n) is 2.16. The fourth-order valence-corrected chi connectivity index (χ4v) is 2.16. The largest absolute Gasteiger partial charge is 0.359 e. The van der Waals surface area contributed by atoms with Crippen LogP contribution in [0.2, 0.25) is 0 Å². The maximum Gasteiger partial charge on any atom is 0.254 e. The van der Waals surface area contributed by atoms with E-state index in [2.05, 4.69) is 15.2 Å². The van der Waals surface area contributed by atoms with Crippen molar-refractivity contribution in [1.82, 2.24) is 10.3 Å². The van der Waals surface area contributed by atoms with Gasteiger partial charge in [-0.15, -0.1) is 0 Å². The summed E-state index contributed by atoms with van der Waals surface area (Å²) in [5.41, 5.74) is 0.650. The highest BCUT2D eigenvalue weighted by atomic mass is 16.1. The third-order valence-electron chi connectivity index (χ3n) is 3.38. The molecule has 1 heterocycles. The van der Waals surface area contributed by atoms with Crippen LogP contribution in [0.1, 0.15) is 29.6 Å². The Morgan fingerprint density at radius 2 is 2.35 bits per heavy atom. The number of anilines is 1. The molecule has 0 aromatic carbocycles. The molecule has 1 N–H and O–H groups in total. The zero-order valence-corrected chi connectivity index (χ0v) is 10.4. The first-order chi connectivity index (χ1) is 8.22. The Balaban J connectivity index is 2.15. The topological polar surface area (TPSA) is 45.2 Å². The molecule has 1 fully saturated rings. The zero-order chi connectivity index (χ0) is 12.3.